The maximum absolute atomic E-state index is 11.3. The fraction of sp³-hybridized carbons (Fsp3) is 0.400. The van der Waals surface area contributed by atoms with Crippen LogP contribution in [0.5, 0.6) is 0 Å². The van der Waals surface area contributed by atoms with E-state index in [0.29, 0.717) is 6.54 Å². The Morgan fingerprint density at radius 1 is 1.56 bits per heavy atom. The van der Waals surface area contributed by atoms with Gasteiger partial charge in [-0.2, -0.15) is 0 Å². The molecule has 0 saturated heterocycles. The van der Waals surface area contributed by atoms with Crippen molar-refractivity contribution in [2.24, 2.45) is 0 Å². The largest absolute Gasteiger partial charge is 0.358 e. The Bertz CT molecular complexity index is 384. The number of nitrogens with one attached hydrogen (secondary N) is 1. The molecule has 0 aromatic carbocycles. The number of nitrogens with zero attached hydrogens (tertiary/aromatic N) is 2. The van der Waals surface area contributed by atoms with Crippen molar-refractivity contribution in [3.05, 3.63) is 21.2 Å². The van der Waals surface area contributed by atoms with Crippen LogP contribution in [0.25, 0.3) is 0 Å². The first-order valence-electron chi connectivity index (χ1n) is 4.85. The third-order valence-corrected chi connectivity index (χ3v) is 3.10. The molecule has 88 valence electrons. The lowest BCUT2D eigenvalue weighted by Gasteiger charge is -2.22. The van der Waals surface area contributed by atoms with E-state index in [0.717, 1.165) is 21.3 Å². The van der Waals surface area contributed by atoms with Gasteiger partial charge in [-0.05, 0) is 44.8 Å². The standard InChI is InChI=1S/C10H13Br2N3O/c1-3-15(6-9(16)13-2)10-8(12)4-7(11)5-14-10/h4-5H,3,6H2,1-2H3,(H,13,16). The minimum Gasteiger partial charge on any atom is -0.358 e. The third kappa shape index (κ3) is 3.45. The molecule has 0 fully saturated rings. The molecule has 6 heteroatoms. The Hall–Kier alpha value is -0.620. The SMILES string of the molecule is CCN(CC(=O)NC)c1ncc(Br)cc1Br. The molecule has 0 unspecified atom stereocenters. The highest BCUT2D eigenvalue weighted by Gasteiger charge is 2.13. The van der Waals surface area contributed by atoms with Gasteiger partial charge in [0.1, 0.15) is 5.82 Å². The van der Waals surface area contributed by atoms with Gasteiger partial charge in [0.2, 0.25) is 5.91 Å². The highest BCUT2D eigenvalue weighted by atomic mass is 79.9. The molecule has 0 aliphatic carbocycles. The summed E-state index contributed by atoms with van der Waals surface area (Å²) in [6.45, 7) is 3.01. The van der Waals surface area contributed by atoms with Crippen molar-refractivity contribution in [2.45, 2.75) is 6.92 Å². The summed E-state index contributed by atoms with van der Waals surface area (Å²) in [5, 5.41) is 2.60. The van der Waals surface area contributed by atoms with Crippen molar-refractivity contribution in [1.82, 2.24) is 10.3 Å². The minimum absolute atomic E-state index is 0.0292. The van der Waals surface area contributed by atoms with E-state index < -0.39 is 0 Å². The zero-order chi connectivity index (χ0) is 12.1. The van der Waals surface area contributed by atoms with Crippen LogP contribution >= 0.6 is 31.9 Å². The fourth-order valence-corrected chi connectivity index (χ4v) is 2.47. The van der Waals surface area contributed by atoms with Crippen LogP contribution in [0.1, 0.15) is 6.92 Å². The molecule has 0 aliphatic heterocycles. The monoisotopic (exact) mass is 349 g/mol. The average molecular weight is 351 g/mol. The summed E-state index contributed by atoms with van der Waals surface area (Å²) in [5.41, 5.74) is 0. The van der Waals surface area contributed by atoms with Gasteiger partial charge in [-0.3, -0.25) is 4.79 Å². The molecule has 1 N–H and O–H groups in total. The van der Waals surface area contributed by atoms with Crippen LogP contribution in [-0.2, 0) is 4.79 Å². The van der Waals surface area contributed by atoms with Crippen molar-refractivity contribution >= 4 is 43.6 Å². The van der Waals surface area contributed by atoms with Gasteiger partial charge in [0.15, 0.2) is 0 Å². The molecule has 1 amide bonds. The maximum Gasteiger partial charge on any atom is 0.239 e. The van der Waals surface area contributed by atoms with E-state index in [1.165, 1.54) is 0 Å². The quantitative estimate of drug-likeness (QED) is 0.905. The normalized spacial score (nSPS) is 10.0. The molecular weight excluding hydrogens is 338 g/mol. The first-order chi connectivity index (χ1) is 7.58. The van der Waals surface area contributed by atoms with Crippen LogP contribution in [0.2, 0.25) is 0 Å². The molecule has 4 nitrogen and oxygen atoms in total. The molecule has 0 bridgehead atoms. The fourth-order valence-electron chi connectivity index (χ4n) is 1.23. The molecule has 0 saturated carbocycles. The predicted octanol–water partition coefficient (Wildman–Crippen LogP) is 2.18. The summed E-state index contributed by atoms with van der Waals surface area (Å²) in [4.78, 5) is 17.5. The van der Waals surface area contributed by atoms with E-state index in [4.69, 9.17) is 0 Å². The number of pyridine rings is 1. The van der Waals surface area contributed by atoms with Crippen LogP contribution in [0, 0.1) is 0 Å². The predicted molar refractivity (Wildman–Crippen MR) is 71.6 cm³/mol. The van der Waals surface area contributed by atoms with Gasteiger partial charge in [-0.25, -0.2) is 4.98 Å². The van der Waals surface area contributed by atoms with Crippen molar-refractivity contribution in [3.63, 3.8) is 0 Å². The summed E-state index contributed by atoms with van der Waals surface area (Å²) >= 11 is 6.78. The topological polar surface area (TPSA) is 45.2 Å². The number of halogens is 2. The van der Waals surface area contributed by atoms with E-state index >= 15 is 0 Å². The van der Waals surface area contributed by atoms with Gasteiger partial charge < -0.3 is 10.2 Å². The Morgan fingerprint density at radius 2 is 2.25 bits per heavy atom. The molecular formula is C10H13Br2N3O. The van der Waals surface area contributed by atoms with Crippen molar-refractivity contribution < 1.29 is 4.79 Å². The smallest absolute Gasteiger partial charge is 0.239 e. The number of carbonyl (C=O) groups is 1. The van der Waals surface area contributed by atoms with Gasteiger partial charge in [0.05, 0.1) is 11.0 Å². The minimum atomic E-state index is -0.0292. The van der Waals surface area contributed by atoms with Gasteiger partial charge in [0.25, 0.3) is 0 Å². The van der Waals surface area contributed by atoms with E-state index in [-0.39, 0.29) is 5.91 Å². The van der Waals surface area contributed by atoms with E-state index in [2.05, 4.69) is 42.2 Å². The molecule has 0 atom stereocenters. The number of aromatic nitrogens is 1. The second-order valence-electron chi connectivity index (χ2n) is 3.15. The summed E-state index contributed by atoms with van der Waals surface area (Å²) in [5.74, 6) is 0.743. The van der Waals surface area contributed by atoms with Crippen LogP contribution < -0.4 is 10.2 Å². The Labute approximate surface area is 112 Å². The van der Waals surface area contributed by atoms with E-state index in [9.17, 15) is 4.79 Å². The lowest BCUT2D eigenvalue weighted by atomic mass is 10.4. The Kier molecular flexibility index (Phi) is 5.21. The van der Waals surface area contributed by atoms with E-state index in [1.54, 1.807) is 13.2 Å². The highest BCUT2D eigenvalue weighted by molar-refractivity contribution is 9.11. The second kappa shape index (κ2) is 6.20. The van der Waals surface area contributed by atoms with Gasteiger partial charge in [0, 0.05) is 24.3 Å². The van der Waals surface area contributed by atoms with Crippen LogP contribution in [-0.4, -0.2) is 31.0 Å². The van der Waals surface area contributed by atoms with Gasteiger partial charge in [-0.15, -0.1) is 0 Å². The lowest BCUT2D eigenvalue weighted by molar-refractivity contribution is -0.119. The van der Waals surface area contributed by atoms with Gasteiger partial charge >= 0.3 is 0 Å². The van der Waals surface area contributed by atoms with E-state index in [1.807, 2.05) is 17.9 Å². The average Bonchev–Trinajstić information content (AvgIpc) is 2.26. The second-order valence-corrected chi connectivity index (χ2v) is 4.92. The Balaban J connectivity index is 2.90. The number of hydrogen-bond acceptors (Lipinski definition) is 3. The highest BCUT2D eigenvalue weighted by Crippen LogP contribution is 2.26. The van der Waals surface area contributed by atoms with Crippen molar-refractivity contribution in [3.8, 4) is 0 Å². The third-order valence-electron chi connectivity index (χ3n) is 2.08. The number of hydrogen-bond donors (Lipinski definition) is 1. The summed E-state index contributed by atoms with van der Waals surface area (Å²) in [7, 11) is 1.63. The molecule has 0 radical (unpaired) electrons. The maximum atomic E-state index is 11.3. The lowest BCUT2D eigenvalue weighted by Crippen LogP contribution is -2.36. The number of carbonyl (C=O) groups excluding carboxylic acids is 1. The number of anilines is 1. The zero-order valence-electron chi connectivity index (χ0n) is 9.13. The molecule has 1 rings (SSSR count). The van der Waals surface area contributed by atoms with Crippen LogP contribution in [0.4, 0.5) is 5.82 Å². The van der Waals surface area contributed by atoms with Crippen molar-refractivity contribution in [1.29, 1.82) is 0 Å². The first kappa shape index (κ1) is 13.4. The number of likely N-dealkylation sites (N-methyl/N-ethyl adjacent to an activating group) is 2. The molecule has 0 spiro atoms. The number of amides is 1. The molecule has 1 heterocycles. The molecule has 0 aliphatic rings. The van der Waals surface area contributed by atoms with Crippen LogP contribution in [0.15, 0.2) is 21.2 Å². The number of rotatable bonds is 4. The molecule has 16 heavy (non-hydrogen) atoms. The summed E-state index contributed by atoms with van der Waals surface area (Å²) in [6, 6.07) is 1.91. The summed E-state index contributed by atoms with van der Waals surface area (Å²) in [6.07, 6.45) is 1.71. The summed E-state index contributed by atoms with van der Waals surface area (Å²) < 4.78 is 1.77. The van der Waals surface area contributed by atoms with Gasteiger partial charge in [-0.1, -0.05) is 0 Å². The zero-order valence-corrected chi connectivity index (χ0v) is 12.3. The Morgan fingerprint density at radius 3 is 2.75 bits per heavy atom. The molecule has 1 aromatic rings. The molecule has 1 aromatic heterocycles. The first-order valence-corrected chi connectivity index (χ1v) is 6.43. The van der Waals surface area contributed by atoms with Crippen LogP contribution in [0.3, 0.4) is 0 Å². The van der Waals surface area contributed by atoms with Crippen molar-refractivity contribution in [2.75, 3.05) is 25.0 Å².